The largest absolute Gasteiger partial charge is 0.363 e. The van der Waals surface area contributed by atoms with E-state index in [1.807, 2.05) is 0 Å². The van der Waals surface area contributed by atoms with Crippen LogP contribution in [-0.2, 0) is 0 Å². The van der Waals surface area contributed by atoms with E-state index < -0.39 is 0 Å². The van der Waals surface area contributed by atoms with E-state index in [2.05, 4.69) is 47.8 Å². The Morgan fingerprint density at radius 2 is 2.17 bits per heavy atom. The van der Waals surface area contributed by atoms with Crippen LogP contribution in [0, 0.1) is 0 Å². The molecule has 0 aromatic heterocycles. The molecule has 1 fully saturated rings. The molecule has 0 unspecified atom stereocenters. The van der Waals surface area contributed by atoms with Crippen LogP contribution in [0.2, 0.25) is 0 Å². The number of fused-ring (bicyclic) bond motifs is 1. The van der Waals surface area contributed by atoms with Gasteiger partial charge in [-0.15, -0.1) is 0 Å². The summed E-state index contributed by atoms with van der Waals surface area (Å²) in [6.07, 6.45) is 0. The maximum atomic E-state index is 5.41. The smallest absolute Gasteiger partial charge is 0.169 e. The van der Waals surface area contributed by atoms with Gasteiger partial charge in [0.05, 0.1) is 12.6 Å². The summed E-state index contributed by atoms with van der Waals surface area (Å²) < 4.78 is 0. The minimum Gasteiger partial charge on any atom is -0.363 e. The average molecular weight is 266 g/mol. The highest BCUT2D eigenvalue weighted by atomic mass is 32.1. The van der Waals surface area contributed by atoms with Crippen LogP contribution in [0.4, 0.5) is 0 Å². The lowest BCUT2D eigenvalue weighted by molar-refractivity contribution is 0.298. The molecule has 0 radical (unpaired) electrons. The molecular weight excluding hydrogens is 244 g/mol. The second kappa shape index (κ2) is 5.26. The summed E-state index contributed by atoms with van der Waals surface area (Å²) in [6.45, 7) is 12.2. The number of piperazine rings is 1. The summed E-state index contributed by atoms with van der Waals surface area (Å²) in [5.74, 6) is 1.14. The Kier molecular flexibility index (Phi) is 3.90. The van der Waals surface area contributed by atoms with Crippen molar-refractivity contribution in [3.8, 4) is 0 Å². The Labute approximate surface area is 115 Å². The molecular formula is C13H22N4S. The molecule has 5 heteroatoms. The first-order valence-corrected chi connectivity index (χ1v) is 6.99. The topological polar surface area (TPSA) is 30.9 Å². The van der Waals surface area contributed by atoms with Crippen LogP contribution in [-0.4, -0.2) is 53.0 Å². The molecule has 2 aliphatic heterocycles. The van der Waals surface area contributed by atoms with Crippen molar-refractivity contribution in [2.45, 2.75) is 33.7 Å². The fourth-order valence-corrected chi connectivity index (χ4v) is 2.82. The van der Waals surface area contributed by atoms with Crippen LogP contribution in [0.1, 0.15) is 27.7 Å². The Morgan fingerprint density at radius 3 is 2.83 bits per heavy atom. The predicted octanol–water partition coefficient (Wildman–Crippen LogP) is 1.59. The van der Waals surface area contributed by atoms with Gasteiger partial charge in [0.15, 0.2) is 5.11 Å². The van der Waals surface area contributed by atoms with Crippen LogP contribution < -0.4 is 5.32 Å². The maximum absolute atomic E-state index is 5.41. The van der Waals surface area contributed by atoms with E-state index in [9.17, 15) is 0 Å². The number of nitrogens with one attached hydrogen (secondary N) is 1. The molecule has 0 aromatic carbocycles. The van der Waals surface area contributed by atoms with Crippen molar-refractivity contribution in [3.05, 3.63) is 11.3 Å². The second-order valence-electron chi connectivity index (χ2n) is 4.89. The van der Waals surface area contributed by atoms with Gasteiger partial charge in [0, 0.05) is 25.3 Å². The molecule has 1 N–H and O–H groups in total. The van der Waals surface area contributed by atoms with E-state index in [0.717, 1.165) is 37.1 Å². The van der Waals surface area contributed by atoms with Crippen LogP contribution >= 0.6 is 12.2 Å². The molecule has 0 aromatic rings. The highest BCUT2D eigenvalue weighted by Crippen LogP contribution is 2.25. The summed E-state index contributed by atoms with van der Waals surface area (Å²) in [4.78, 5) is 9.26. The number of hydrogen-bond donors (Lipinski definition) is 1. The predicted molar refractivity (Wildman–Crippen MR) is 79.8 cm³/mol. The normalized spacial score (nSPS) is 23.8. The van der Waals surface area contributed by atoms with Crippen molar-refractivity contribution < 1.29 is 0 Å². The Bertz CT molecular complexity index is 413. The van der Waals surface area contributed by atoms with Crippen molar-refractivity contribution >= 4 is 23.2 Å². The van der Waals surface area contributed by atoms with Gasteiger partial charge in [-0.3, -0.25) is 4.99 Å². The number of rotatable bonds is 1. The summed E-state index contributed by atoms with van der Waals surface area (Å²) in [6, 6.07) is 0.295. The van der Waals surface area contributed by atoms with Gasteiger partial charge in [0.25, 0.3) is 0 Å². The molecule has 1 saturated heterocycles. The molecule has 0 bridgehead atoms. The fraction of sp³-hybridized carbons (Fsp3) is 0.692. The molecule has 2 rings (SSSR count). The first-order chi connectivity index (χ1) is 8.54. The van der Waals surface area contributed by atoms with E-state index >= 15 is 0 Å². The zero-order valence-corrected chi connectivity index (χ0v) is 12.5. The first kappa shape index (κ1) is 13.3. The van der Waals surface area contributed by atoms with Crippen molar-refractivity contribution in [2.24, 2.45) is 4.99 Å². The molecule has 1 atom stereocenters. The van der Waals surface area contributed by atoms with Crippen molar-refractivity contribution in [1.29, 1.82) is 0 Å². The molecule has 4 nitrogen and oxygen atoms in total. The van der Waals surface area contributed by atoms with Crippen LogP contribution in [0.15, 0.2) is 16.3 Å². The molecule has 100 valence electrons. The highest BCUT2D eigenvalue weighted by molar-refractivity contribution is 7.80. The summed E-state index contributed by atoms with van der Waals surface area (Å²) in [5.41, 5.74) is 2.74. The molecule has 0 saturated carbocycles. The van der Waals surface area contributed by atoms with Gasteiger partial charge in [-0.25, -0.2) is 0 Å². The van der Waals surface area contributed by atoms with E-state index in [0.29, 0.717) is 6.04 Å². The SMILES string of the molecule is CCNC(=S)N1CCN2C(C)=N[C@@H](C)C(C)=C2C1. The maximum Gasteiger partial charge on any atom is 0.169 e. The Morgan fingerprint density at radius 1 is 1.44 bits per heavy atom. The zero-order chi connectivity index (χ0) is 13.3. The zero-order valence-electron chi connectivity index (χ0n) is 11.7. The Hall–Kier alpha value is -1.10. The molecule has 2 aliphatic rings. The lowest BCUT2D eigenvalue weighted by atomic mass is 10.0. The molecule has 0 aliphatic carbocycles. The van der Waals surface area contributed by atoms with Gasteiger partial charge < -0.3 is 15.1 Å². The molecule has 0 amide bonds. The molecule has 18 heavy (non-hydrogen) atoms. The lowest BCUT2D eigenvalue weighted by Gasteiger charge is -2.42. The van der Waals surface area contributed by atoms with Gasteiger partial charge >= 0.3 is 0 Å². The van der Waals surface area contributed by atoms with Crippen molar-refractivity contribution in [2.75, 3.05) is 26.2 Å². The second-order valence-corrected chi connectivity index (χ2v) is 5.28. The average Bonchev–Trinajstić information content (AvgIpc) is 2.36. The lowest BCUT2D eigenvalue weighted by Crippen LogP contribution is -2.53. The van der Waals surface area contributed by atoms with Crippen LogP contribution in [0.25, 0.3) is 0 Å². The highest BCUT2D eigenvalue weighted by Gasteiger charge is 2.29. The number of thiocarbonyl (C=S) groups is 1. The third-order valence-electron chi connectivity index (χ3n) is 3.73. The molecule has 2 heterocycles. The standard InChI is InChI=1S/C13H22N4S/c1-5-14-13(18)16-6-7-17-11(4)15-10(3)9(2)12(17)8-16/h10H,5-8H2,1-4H3,(H,14,18)/t10-/m0/s1. The van der Waals surface area contributed by atoms with Gasteiger partial charge in [-0.1, -0.05) is 0 Å². The molecule has 0 spiro atoms. The number of amidine groups is 1. The minimum absolute atomic E-state index is 0.295. The third kappa shape index (κ3) is 2.36. The summed E-state index contributed by atoms with van der Waals surface area (Å²) >= 11 is 5.41. The monoisotopic (exact) mass is 266 g/mol. The minimum atomic E-state index is 0.295. The van der Waals surface area contributed by atoms with Crippen LogP contribution in [0.3, 0.4) is 0 Å². The van der Waals surface area contributed by atoms with Crippen molar-refractivity contribution in [1.82, 2.24) is 15.1 Å². The van der Waals surface area contributed by atoms with Gasteiger partial charge in [-0.05, 0) is 45.5 Å². The third-order valence-corrected chi connectivity index (χ3v) is 4.13. The van der Waals surface area contributed by atoms with Crippen molar-refractivity contribution in [3.63, 3.8) is 0 Å². The fourth-order valence-electron chi connectivity index (χ4n) is 2.52. The number of aliphatic imine (C=N–C) groups is 1. The van der Waals surface area contributed by atoms with Crippen LogP contribution in [0.5, 0.6) is 0 Å². The number of hydrogen-bond acceptors (Lipinski definition) is 3. The first-order valence-electron chi connectivity index (χ1n) is 6.59. The van der Waals surface area contributed by atoms with Gasteiger partial charge in [0.1, 0.15) is 5.84 Å². The number of nitrogens with zero attached hydrogens (tertiary/aromatic N) is 3. The van der Waals surface area contributed by atoms with E-state index in [1.54, 1.807) is 0 Å². The van der Waals surface area contributed by atoms with Gasteiger partial charge in [0.2, 0.25) is 0 Å². The quantitative estimate of drug-likeness (QED) is 0.730. The summed E-state index contributed by atoms with van der Waals surface area (Å²) in [5, 5.41) is 4.10. The Balaban J connectivity index is 2.17. The van der Waals surface area contributed by atoms with E-state index in [-0.39, 0.29) is 0 Å². The van der Waals surface area contributed by atoms with Gasteiger partial charge in [-0.2, -0.15) is 0 Å². The summed E-state index contributed by atoms with van der Waals surface area (Å²) in [7, 11) is 0. The van der Waals surface area contributed by atoms with E-state index in [1.165, 1.54) is 11.3 Å². The van der Waals surface area contributed by atoms with E-state index in [4.69, 9.17) is 12.2 Å².